The zero-order valence-corrected chi connectivity index (χ0v) is 13.4. The number of rotatable bonds is 8. The number of nitrogens with one attached hydrogen (secondary N) is 2. The van der Waals surface area contributed by atoms with Crippen LogP contribution < -0.4 is 15.5 Å². The van der Waals surface area contributed by atoms with Crippen molar-refractivity contribution >= 4 is 11.6 Å². The number of halogens is 1. The summed E-state index contributed by atoms with van der Waals surface area (Å²) in [5, 5.41) is 5.94. The van der Waals surface area contributed by atoms with Gasteiger partial charge in [0.1, 0.15) is 5.82 Å². The van der Waals surface area contributed by atoms with Gasteiger partial charge in [-0.25, -0.2) is 4.39 Å². The lowest BCUT2D eigenvalue weighted by Gasteiger charge is -2.25. The highest BCUT2D eigenvalue weighted by Crippen LogP contribution is 2.21. The number of hydrogen-bond donors (Lipinski definition) is 2. The van der Waals surface area contributed by atoms with Crippen molar-refractivity contribution in [3.05, 3.63) is 29.6 Å². The van der Waals surface area contributed by atoms with E-state index in [2.05, 4.69) is 17.6 Å². The smallest absolute Gasteiger partial charge is 0.224 e. The van der Waals surface area contributed by atoms with E-state index in [0.29, 0.717) is 13.1 Å². The van der Waals surface area contributed by atoms with Gasteiger partial charge in [0.05, 0.1) is 5.92 Å². The molecule has 1 aromatic carbocycles. The number of carbonyl (C=O) groups excluding carboxylic acids is 1. The molecule has 0 fully saturated rings. The van der Waals surface area contributed by atoms with Crippen molar-refractivity contribution in [2.75, 3.05) is 32.1 Å². The Kier molecular flexibility index (Phi) is 7.15. The molecule has 0 aliphatic heterocycles. The summed E-state index contributed by atoms with van der Waals surface area (Å²) < 4.78 is 13.5. The third-order valence-electron chi connectivity index (χ3n) is 3.44. The summed E-state index contributed by atoms with van der Waals surface area (Å²) in [4.78, 5) is 13.6. The first-order valence-corrected chi connectivity index (χ1v) is 7.41. The van der Waals surface area contributed by atoms with E-state index in [-0.39, 0.29) is 17.6 Å². The molecule has 4 nitrogen and oxygen atoms in total. The van der Waals surface area contributed by atoms with Crippen molar-refractivity contribution in [3.63, 3.8) is 0 Å². The molecule has 1 amide bonds. The number of amides is 1. The molecule has 2 N–H and O–H groups in total. The van der Waals surface area contributed by atoms with Crippen molar-refractivity contribution in [2.24, 2.45) is 5.92 Å². The largest absolute Gasteiger partial charge is 0.374 e. The lowest BCUT2D eigenvalue weighted by Crippen LogP contribution is -2.35. The zero-order chi connectivity index (χ0) is 15.8. The van der Waals surface area contributed by atoms with Crippen LogP contribution in [0.1, 0.15) is 25.8 Å². The van der Waals surface area contributed by atoms with Crippen LogP contribution in [0.4, 0.5) is 10.1 Å². The number of benzene rings is 1. The van der Waals surface area contributed by atoms with E-state index in [9.17, 15) is 9.18 Å². The van der Waals surface area contributed by atoms with Gasteiger partial charge in [0.25, 0.3) is 0 Å². The van der Waals surface area contributed by atoms with Crippen molar-refractivity contribution in [2.45, 2.75) is 26.8 Å². The van der Waals surface area contributed by atoms with E-state index < -0.39 is 0 Å². The van der Waals surface area contributed by atoms with Gasteiger partial charge in [-0.1, -0.05) is 13.8 Å². The molecule has 1 atom stereocenters. The number of nitrogens with zero attached hydrogens (tertiary/aromatic N) is 1. The maximum absolute atomic E-state index is 13.5. The molecule has 1 rings (SSSR count). The molecule has 21 heavy (non-hydrogen) atoms. The van der Waals surface area contributed by atoms with Crippen LogP contribution in [0.15, 0.2) is 18.2 Å². The molecule has 0 saturated carbocycles. The quantitative estimate of drug-likeness (QED) is 0.722. The van der Waals surface area contributed by atoms with Gasteiger partial charge in [-0.15, -0.1) is 0 Å². The monoisotopic (exact) mass is 295 g/mol. The van der Waals surface area contributed by atoms with E-state index in [1.54, 1.807) is 19.2 Å². The third-order valence-corrected chi connectivity index (χ3v) is 3.44. The lowest BCUT2D eigenvalue weighted by molar-refractivity contribution is -0.123. The van der Waals surface area contributed by atoms with Gasteiger partial charge in [-0.2, -0.15) is 0 Å². The second kappa shape index (κ2) is 8.62. The minimum absolute atomic E-state index is 0.00891. The Morgan fingerprint density at radius 3 is 2.76 bits per heavy atom. The van der Waals surface area contributed by atoms with Crippen LogP contribution in [0.3, 0.4) is 0 Å². The summed E-state index contributed by atoms with van der Waals surface area (Å²) in [5.41, 5.74) is 1.87. The third kappa shape index (κ3) is 5.34. The molecular formula is C16H26FN3O. The van der Waals surface area contributed by atoms with Crippen LogP contribution in [-0.4, -0.2) is 33.1 Å². The molecular weight excluding hydrogens is 269 g/mol. The average Bonchev–Trinajstić information content (AvgIpc) is 2.46. The molecule has 0 aliphatic carbocycles. The summed E-state index contributed by atoms with van der Waals surface area (Å²) >= 11 is 0. The number of carbonyl (C=O) groups is 1. The molecule has 118 valence electrons. The molecule has 1 aromatic rings. The van der Waals surface area contributed by atoms with E-state index in [1.807, 2.05) is 18.9 Å². The first kappa shape index (κ1) is 17.4. The Balaban J connectivity index is 2.82. The van der Waals surface area contributed by atoms with Gasteiger partial charge < -0.3 is 15.5 Å². The first-order chi connectivity index (χ1) is 9.99. The summed E-state index contributed by atoms with van der Waals surface area (Å²) in [6.45, 7) is 6.09. The van der Waals surface area contributed by atoms with Crippen LogP contribution in [-0.2, 0) is 11.3 Å². The fraction of sp³-hybridized carbons (Fsp3) is 0.562. The van der Waals surface area contributed by atoms with Crippen molar-refractivity contribution in [1.82, 2.24) is 10.6 Å². The highest BCUT2D eigenvalue weighted by Gasteiger charge is 2.16. The molecule has 0 radical (unpaired) electrons. The van der Waals surface area contributed by atoms with Crippen LogP contribution in [0.5, 0.6) is 0 Å². The maximum atomic E-state index is 13.5. The van der Waals surface area contributed by atoms with Gasteiger partial charge in [0.2, 0.25) is 5.91 Å². The van der Waals surface area contributed by atoms with Crippen molar-refractivity contribution in [3.8, 4) is 0 Å². The fourth-order valence-electron chi connectivity index (χ4n) is 2.31. The van der Waals surface area contributed by atoms with E-state index in [4.69, 9.17) is 0 Å². The maximum Gasteiger partial charge on any atom is 0.224 e. The van der Waals surface area contributed by atoms with Crippen LogP contribution in [0.25, 0.3) is 0 Å². The van der Waals surface area contributed by atoms with Gasteiger partial charge in [0.15, 0.2) is 0 Å². The van der Waals surface area contributed by atoms with E-state index in [0.717, 1.165) is 24.2 Å². The van der Waals surface area contributed by atoms with E-state index in [1.165, 1.54) is 6.07 Å². The predicted octanol–water partition coefficient (Wildman–Crippen LogP) is 2.14. The van der Waals surface area contributed by atoms with Gasteiger partial charge in [-0.3, -0.25) is 4.79 Å². The average molecular weight is 295 g/mol. The molecule has 0 aromatic heterocycles. The lowest BCUT2D eigenvalue weighted by atomic mass is 10.1. The van der Waals surface area contributed by atoms with E-state index >= 15 is 0 Å². The van der Waals surface area contributed by atoms with Crippen molar-refractivity contribution < 1.29 is 9.18 Å². The minimum Gasteiger partial charge on any atom is -0.374 e. The highest BCUT2D eigenvalue weighted by atomic mass is 19.1. The Bertz CT molecular complexity index is 465. The Morgan fingerprint density at radius 2 is 2.14 bits per heavy atom. The zero-order valence-electron chi connectivity index (χ0n) is 13.4. The first-order valence-electron chi connectivity index (χ1n) is 7.41. The Hall–Kier alpha value is -1.62. The molecule has 0 bridgehead atoms. The van der Waals surface area contributed by atoms with Crippen LogP contribution >= 0.6 is 0 Å². The predicted molar refractivity (Wildman–Crippen MR) is 84.9 cm³/mol. The summed E-state index contributed by atoms with van der Waals surface area (Å²) in [7, 11) is 3.56. The summed E-state index contributed by atoms with van der Waals surface area (Å²) in [5.74, 6) is -0.351. The molecule has 0 spiro atoms. The Morgan fingerprint density at radius 1 is 1.43 bits per heavy atom. The second-order valence-corrected chi connectivity index (χ2v) is 5.35. The van der Waals surface area contributed by atoms with Gasteiger partial charge >= 0.3 is 0 Å². The van der Waals surface area contributed by atoms with Crippen LogP contribution in [0, 0.1) is 11.7 Å². The SMILES string of the molecule is CCCNCc1cc(F)ccc1N(C)CC(C)C(=O)NC. The van der Waals surface area contributed by atoms with Crippen LogP contribution in [0.2, 0.25) is 0 Å². The molecule has 1 unspecified atom stereocenters. The van der Waals surface area contributed by atoms with Gasteiger partial charge in [0, 0.05) is 32.9 Å². The fourth-order valence-corrected chi connectivity index (χ4v) is 2.31. The topological polar surface area (TPSA) is 44.4 Å². The second-order valence-electron chi connectivity index (χ2n) is 5.35. The molecule has 5 heteroatoms. The number of anilines is 1. The summed E-state index contributed by atoms with van der Waals surface area (Å²) in [6.07, 6.45) is 1.04. The standard InChI is InChI=1S/C16H26FN3O/c1-5-8-19-10-13-9-14(17)6-7-15(13)20(4)11-12(2)16(21)18-3/h6-7,9,12,19H,5,8,10-11H2,1-4H3,(H,18,21). The number of hydrogen-bond acceptors (Lipinski definition) is 3. The van der Waals surface area contributed by atoms with Gasteiger partial charge in [-0.05, 0) is 36.7 Å². The van der Waals surface area contributed by atoms with Crippen molar-refractivity contribution in [1.29, 1.82) is 0 Å². The minimum atomic E-state index is -0.236. The molecule has 0 saturated heterocycles. The highest BCUT2D eigenvalue weighted by molar-refractivity contribution is 5.78. The Labute approximate surface area is 126 Å². The molecule has 0 aliphatic rings. The summed E-state index contributed by atoms with van der Waals surface area (Å²) in [6, 6.07) is 4.79. The molecule has 0 heterocycles. The normalized spacial score (nSPS) is 12.0.